The van der Waals surface area contributed by atoms with E-state index in [0.717, 1.165) is 18.4 Å². The van der Waals surface area contributed by atoms with Crippen LogP contribution >= 0.6 is 0 Å². The molecule has 0 aromatic heterocycles. The van der Waals surface area contributed by atoms with Crippen LogP contribution in [-0.2, 0) is 16.2 Å². The minimum atomic E-state index is -0.426. The number of amides is 2. The lowest BCUT2D eigenvalue weighted by molar-refractivity contribution is -0.120. The molecule has 2 amide bonds. The number of anilines is 1. The molecule has 3 aromatic rings. The number of rotatable bonds is 10. The number of ether oxygens (including phenoxy) is 1. The van der Waals surface area contributed by atoms with Crippen molar-refractivity contribution in [2.45, 2.75) is 25.5 Å². The Morgan fingerprint density at radius 3 is 2.53 bits per heavy atom. The number of nitrogens with one attached hydrogen (secondary N) is 2. The third-order valence-corrected chi connectivity index (χ3v) is 5.08. The quantitative estimate of drug-likeness (QED) is 0.245. The van der Waals surface area contributed by atoms with Gasteiger partial charge in [0.2, 0.25) is 0 Å². The SMILES string of the molecule is N/C(=N/OCC(=O)Nc1cccc(C(=O)NC2CC2)c1)c1ccccc1OCc1ccccc1. The Kier molecular flexibility index (Phi) is 7.39. The van der Waals surface area contributed by atoms with Crippen LogP contribution in [0.4, 0.5) is 5.69 Å². The van der Waals surface area contributed by atoms with Crippen molar-refractivity contribution in [2.75, 3.05) is 11.9 Å². The third-order valence-electron chi connectivity index (χ3n) is 5.08. The van der Waals surface area contributed by atoms with Crippen LogP contribution in [0, 0.1) is 0 Å². The molecule has 34 heavy (non-hydrogen) atoms. The number of para-hydroxylation sites is 1. The summed E-state index contributed by atoms with van der Waals surface area (Å²) in [5.41, 5.74) is 8.64. The van der Waals surface area contributed by atoms with Crippen molar-refractivity contribution >= 4 is 23.3 Å². The van der Waals surface area contributed by atoms with Crippen molar-refractivity contribution in [3.8, 4) is 5.75 Å². The highest BCUT2D eigenvalue weighted by atomic mass is 16.6. The molecule has 4 N–H and O–H groups in total. The summed E-state index contributed by atoms with van der Waals surface area (Å²) in [6.45, 7) is 0.0401. The van der Waals surface area contributed by atoms with Gasteiger partial charge in [0, 0.05) is 17.3 Å². The van der Waals surface area contributed by atoms with Crippen LogP contribution in [0.3, 0.4) is 0 Å². The maximum atomic E-state index is 12.3. The molecule has 4 rings (SSSR count). The van der Waals surface area contributed by atoms with Crippen molar-refractivity contribution in [2.24, 2.45) is 10.9 Å². The predicted octanol–water partition coefficient (Wildman–Crippen LogP) is 3.43. The maximum absolute atomic E-state index is 12.3. The molecule has 0 aliphatic heterocycles. The van der Waals surface area contributed by atoms with E-state index in [-0.39, 0.29) is 24.4 Å². The summed E-state index contributed by atoms with van der Waals surface area (Å²) in [6, 6.07) is 24.0. The van der Waals surface area contributed by atoms with Gasteiger partial charge in [0.05, 0.1) is 5.56 Å². The second-order valence-electron chi connectivity index (χ2n) is 7.90. The van der Waals surface area contributed by atoms with Gasteiger partial charge < -0.3 is 25.9 Å². The summed E-state index contributed by atoms with van der Waals surface area (Å²) < 4.78 is 5.88. The minimum Gasteiger partial charge on any atom is -0.488 e. The van der Waals surface area contributed by atoms with Gasteiger partial charge in [0.15, 0.2) is 12.4 Å². The maximum Gasteiger partial charge on any atom is 0.265 e. The number of nitrogens with two attached hydrogens (primary N) is 1. The molecular weight excluding hydrogens is 432 g/mol. The van der Waals surface area contributed by atoms with Gasteiger partial charge in [0.25, 0.3) is 11.8 Å². The largest absolute Gasteiger partial charge is 0.488 e. The highest BCUT2D eigenvalue weighted by Gasteiger charge is 2.23. The van der Waals surface area contributed by atoms with Gasteiger partial charge in [-0.15, -0.1) is 0 Å². The van der Waals surface area contributed by atoms with Gasteiger partial charge in [-0.3, -0.25) is 9.59 Å². The third kappa shape index (κ3) is 6.59. The first-order valence-corrected chi connectivity index (χ1v) is 11.0. The summed E-state index contributed by atoms with van der Waals surface area (Å²) in [4.78, 5) is 29.6. The van der Waals surface area contributed by atoms with E-state index in [9.17, 15) is 9.59 Å². The number of nitrogens with zero attached hydrogens (tertiary/aromatic N) is 1. The van der Waals surface area contributed by atoms with Gasteiger partial charge in [-0.1, -0.05) is 53.7 Å². The van der Waals surface area contributed by atoms with Crippen molar-refractivity contribution in [1.29, 1.82) is 0 Å². The summed E-state index contributed by atoms with van der Waals surface area (Å²) >= 11 is 0. The average molecular weight is 459 g/mol. The lowest BCUT2D eigenvalue weighted by Crippen LogP contribution is -2.25. The van der Waals surface area contributed by atoms with Crippen LogP contribution in [0.1, 0.15) is 34.3 Å². The van der Waals surface area contributed by atoms with E-state index in [0.29, 0.717) is 29.2 Å². The standard InChI is InChI=1S/C26H26N4O4/c27-25(22-11-4-5-12-23(22)33-16-18-7-2-1-3-8-18)30-34-17-24(31)28-21-10-6-9-19(15-21)26(32)29-20-13-14-20/h1-12,15,20H,13-14,16-17H2,(H2,27,30)(H,28,31)(H,29,32). The molecule has 1 aliphatic carbocycles. The van der Waals surface area contributed by atoms with E-state index < -0.39 is 5.91 Å². The fourth-order valence-corrected chi connectivity index (χ4v) is 3.18. The zero-order chi connectivity index (χ0) is 23.8. The molecule has 1 fully saturated rings. The zero-order valence-electron chi connectivity index (χ0n) is 18.6. The van der Waals surface area contributed by atoms with Crippen LogP contribution < -0.4 is 21.1 Å². The fourth-order valence-electron chi connectivity index (χ4n) is 3.18. The predicted molar refractivity (Wildman–Crippen MR) is 129 cm³/mol. The minimum absolute atomic E-state index is 0.0928. The first-order chi connectivity index (χ1) is 16.6. The Morgan fingerprint density at radius 1 is 0.971 bits per heavy atom. The molecule has 3 aromatic carbocycles. The number of carbonyl (C=O) groups is 2. The van der Waals surface area contributed by atoms with Crippen molar-refractivity contribution in [1.82, 2.24) is 5.32 Å². The molecule has 0 bridgehead atoms. The molecule has 0 saturated heterocycles. The number of carbonyl (C=O) groups excluding carboxylic acids is 2. The summed E-state index contributed by atoms with van der Waals surface area (Å²) in [6.07, 6.45) is 2.01. The Morgan fingerprint density at radius 2 is 1.74 bits per heavy atom. The molecule has 8 heteroatoms. The lowest BCUT2D eigenvalue weighted by Gasteiger charge is -2.11. The number of benzene rings is 3. The molecule has 1 aliphatic rings. The van der Waals surface area contributed by atoms with Crippen LogP contribution in [0.2, 0.25) is 0 Å². The number of oxime groups is 1. The van der Waals surface area contributed by atoms with Gasteiger partial charge in [-0.05, 0) is 48.7 Å². The van der Waals surface area contributed by atoms with Gasteiger partial charge in [-0.25, -0.2) is 0 Å². The molecule has 0 spiro atoms. The van der Waals surface area contributed by atoms with E-state index in [4.69, 9.17) is 15.3 Å². The highest BCUT2D eigenvalue weighted by Crippen LogP contribution is 2.21. The normalized spacial score (nSPS) is 13.1. The molecule has 0 unspecified atom stereocenters. The van der Waals surface area contributed by atoms with Crippen LogP contribution in [-0.4, -0.2) is 30.3 Å². The van der Waals surface area contributed by atoms with Crippen molar-refractivity contribution in [3.05, 3.63) is 95.6 Å². The van der Waals surface area contributed by atoms with Gasteiger partial charge in [0.1, 0.15) is 12.4 Å². The monoisotopic (exact) mass is 458 g/mol. The molecule has 174 valence electrons. The summed E-state index contributed by atoms with van der Waals surface area (Å²) in [7, 11) is 0. The van der Waals surface area contributed by atoms with Crippen molar-refractivity contribution < 1.29 is 19.2 Å². The molecule has 0 radical (unpaired) electrons. The van der Waals surface area contributed by atoms with E-state index in [1.807, 2.05) is 42.5 Å². The Labute approximate surface area is 197 Å². The second kappa shape index (κ2) is 11.0. The zero-order valence-corrected chi connectivity index (χ0v) is 18.6. The molecule has 0 heterocycles. The van der Waals surface area contributed by atoms with Crippen LogP contribution in [0.15, 0.2) is 84.0 Å². The number of amidine groups is 1. The topological polar surface area (TPSA) is 115 Å². The Hall–Kier alpha value is -4.33. The van der Waals surface area contributed by atoms with E-state index >= 15 is 0 Å². The molecular formula is C26H26N4O4. The molecule has 0 atom stereocenters. The highest BCUT2D eigenvalue weighted by molar-refractivity contribution is 6.00. The first-order valence-electron chi connectivity index (χ1n) is 11.0. The van der Waals surface area contributed by atoms with Gasteiger partial charge >= 0.3 is 0 Å². The summed E-state index contributed by atoms with van der Waals surface area (Å²) in [5, 5.41) is 9.47. The van der Waals surface area contributed by atoms with Gasteiger partial charge in [-0.2, -0.15) is 0 Å². The van der Waals surface area contributed by atoms with E-state index in [1.54, 1.807) is 36.4 Å². The van der Waals surface area contributed by atoms with Crippen molar-refractivity contribution in [3.63, 3.8) is 0 Å². The van der Waals surface area contributed by atoms with Crippen LogP contribution in [0.25, 0.3) is 0 Å². The smallest absolute Gasteiger partial charge is 0.265 e. The summed E-state index contributed by atoms with van der Waals surface area (Å²) in [5.74, 6) is 0.0717. The number of hydrogen-bond acceptors (Lipinski definition) is 5. The first kappa shape index (κ1) is 22.8. The number of hydrogen-bond donors (Lipinski definition) is 3. The van der Waals surface area contributed by atoms with E-state index in [1.165, 1.54) is 0 Å². The van der Waals surface area contributed by atoms with Crippen LogP contribution in [0.5, 0.6) is 5.75 Å². The second-order valence-corrected chi connectivity index (χ2v) is 7.90. The lowest BCUT2D eigenvalue weighted by atomic mass is 10.2. The Balaban J connectivity index is 1.30. The Bertz CT molecular complexity index is 1180. The average Bonchev–Trinajstić information content (AvgIpc) is 3.67. The molecule has 1 saturated carbocycles. The van der Waals surface area contributed by atoms with E-state index in [2.05, 4.69) is 15.8 Å². The fraction of sp³-hybridized carbons (Fsp3) is 0.192. The molecule has 8 nitrogen and oxygen atoms in total.